The summed E-state index contributed by atoms with van der Waals surface area (Å²) in [6.07, 6.45) is 3.67. The molecule has 3 rings (SSSR count). The number of rotatable bonds is 2. The van der Waals surface area contributed by atoms with Gasteiger partial charge in [-0.25, -0.2) is 0 Å². The van der Waals surface area contributed by atoms with Crippen LogP contribution in [-0.4, -0.2) is 5.11 Å². The highest BCUT2D eigenvalue weighted by Gasteiger charge is 1.82. The van der Waals surface area contributed by atoms with Crippen molar-refractivity contribution in [1.82, 2.24) is 0 Å². The fraction of sp³-hybridized carbons (Fsp3) is 0.0435. The molecule has 1 heteroatoms. The van der Waals surface area contributed by atoms with Gasteiger partial charge in [0.25, 0.3) is 0 Å². The van der Waals surface area contributed by atoms with Gasteiger partial charge in [0.2, 0.25) is 0 Å². The quantitative estimate of drug-likeness (QED) is 0.583. The second kappa shape index (κ2) is 11.5. The molecule has 0 aliphatic rings. The molecular formula is C23H24O. The molecule has 0 heterocycles. The van der Waals surface area contributed by atoms with Crippen LogP contribution >= 0.6 is 0 Å². The smallest absolute Gasteiger partial charge is 0.115 e. The van der Waals surface area contributed by atoms with Gasteiger partial charge in [0.15, 0.2) is 0 Å². The van der Waals surface area contributed by atoms with Crippen molar-refractivity contribution in [3.63, 3.8) is 0 Å². The van der Waals surface area contributed by atoms with Crippen molar-refractivity contribution < 1.29 is 5.11 Å². The Kier molecular flexibility index (Phi) is 9.10. The first-order valence-electron chi connectivity index (χ1n) is 7.76. The molecular weight excluding hydrogens is 292 g/mol. The summed E-state index contributed by atoms with van der Waals surface area (Å²) in [6, 6.07) is 27.2. The van der Waals surface area contributed by atoms with E-state index in [-0.39, 0.29) is 0 Å². The lowest BCUT2D eigenvalue weighted by atomic mass is 10.2. The first-order chi connectivity index (χ1) is 11.7. The van der Waals surface area contributed by atoms with E-state index in [1.165, 1.54) is 16.7 Å². The van der Waals surface area contributed by atoms with Gasteiger partial charge >= 0.3 is 0 Å². The highest BCUT2D eigenvalue weighted by Crippen LogP contribution is 2.07. The van der Waals surface area contributed by atoms with Gasteiger partial charge in [-0.3, -0.25) is 0 Å². The maximum atomic E-state index is 8.76. The summed E-state index contributed by atoms with van der Waals surface area (Å²) in [5.74, 6) is 0.329. The Morgan fingerprint density at radius 3 is 1.25 bits per heavy atom. The Balaban J connectivity index is 0.000000180. The molecule has 0 unspecified atom stereocenters. The molecule has 0 aliphatic carbocycles. The van der Waals surface area contributed by atoms with Crippen LogP contribution in [0.5, 0.6) is 5.75 Å². The van der Waals surface area contributed by atoms with Crippen LogP contribution in [0.2, 0.25) is 0 Å². The SMILES string of the molecule is C=Cc1ccccc1.C=Cc1ccccc1.Cc1ccc(O)cc1. The third kappa shape index (κ3) is 8.40. The molecule has 24 heavy (non-hydrogen) atoms. The van der Waals surface area contributed by atoms with E-state index in [1.807, 2.05) is 91.9 Å². The van der Waals surface area contributed by atoms with Crippen molar-refractivity contribution in [2.24, 2.45) is 0 Å². The normalized spacial score (nSPS) is 8.71. The molecule has 0 fully saturated rings. The van der Waals surface area contributed by atoms with E-state index in [1.54, 1.807) is 12.1 Å². The van der Waals surface area contributed by atoms with Gasteiger partial charge in [-0.1, -0.05) is 104 Å². The number of phenolic OH excluding ortho intramolecular Hbond substituents is 1. The number of benzene rings is 3. The Morgan fingerprint density at radius 1 is 0.625 bits per heavy atom. The summed E-state index contributed by atoms with van der Waals surface area (Å²) in [6.45, 7) is 9.25. The lowest BCUT2D eigenvalue weighted by Crippen LogP contribution is -1.66. The average Bonchev–Trinajstić information content (AvgIpc) is 2.66. The molecule has 0 atom stereocenters. The lowest BCUT2D eigenvalue weighted by molar-refractivity contribution is 0.475. The fourth-order valence-electron chi connectivity index (χ4n) is 1.72. The summed E-state index contributed by atoms with van der Waals surface area (Å²) in [5, 5.41) is 8.76. The molecule has 0 saturated heterocycles. The zero-order valence-corrected chi connectivity index (χ0v) is 14.1. The third-order valence-corrected chi connectivity index (χ3v) is 3.10. The van der Waals surface area contributed by atoms with Gasteiger partial charge in [-0.15, -0.1) is 0 Å². The number of hydrogen-bond acceptors (Lipinski definition) is 1. The van der Waals surface area contributed by atoms with Gasteiger partial charge in [0.05, 0.1) is 0 Å². The molecule has 3 aromatic rings. The number of aromatic hydroxyl groups is 1. The van der Waals surface area contributed by atoms with Crippen molar-refractivity contribution >= 4 is 12.2 Å². The molecule has 0 radical (unpaired) electrons. The summed E-state index contributed by atoms with van der Waals surface area (Å²) in [7, 11) is 0. The van der Waals surface area contributed by atoms with Crippen LogP contribution in [0, 0.1) is 6.92 Å². The van der Waals surface area contributed by atoms with Crippen molar-refractivity contribution in [1.29, 1.82) is 0 Å². The summed E-state index contributed by atoms with van der Waals surface area (Å²) >= 11 is 0. The van der Waals surface area contributed by atoms with Gasteiger partial charge in [-0.05, 0) is 30.2 Å². The molecule has 1 nitrogen and oxygen atoms in total. The minimum atomic E-state index is 0.329. The zero-order chi connectivity index (χ0) is 17.6. The predicted molar refractivity (Wildman–Crippen MR) is 106 cm³/mol. The Labute approximate surface area is 145 Å². The molecule has 0 spiro atoms. The Morgan fingerprint density at radius 2 is 1.00 bits per heavy atom. The van der Waals surface area contributed by atoms with E-state index in [4.69, 9.17) is 5.11 Å². The van der Waals surface area contributed by atoms with Crippen molar-refractivity contribution in [3.05, 3.63) is 115 Å². The lowest BCUT2D eigenvalue weighted by Gasteiger charge is -1.89. The maximum absolute atomic E-state index is 8.76. The summed E-state index contributed by atoms with van der Waals surface area (Å²) in [4.78, 5) is 0. The molecule has 0 saturated carbocycles. The van der Waals surface area contributed by atoms with E-state index >= 15 is 0 Å². The van der Waals surface area contributed by atoms with Crippen LogP contribution in [0.25, 0.3) is 12.2 Å². The summed E-state index contributed by atoms with van der Waals surface area (Å²) < 4.78 is 0. The van der Waals surface area contributed by atoms with Gasteiger partial charge < -0.3 is 5.11 Å². The molecule has 0 aliphatic heterocycles. The van der Waals surface area contributed by atoms with Crippen molar-refractivity contribution in [3.8, 4) is 5.75 Å². The van der Waals surface area contributed by atoms with Crippen LogP contribution in [-0.2, 0) is 0 Å². The third-order valence-electron chi connectivity index (χ3n) is 3.10. The average molecular weight is 316 g/mol. The van der Waals surface area contributed by atoms with Gasteiger partial charge in [0, 0.05) is 0 Å². The topological polar surface area (TPSA) is 20.2 Å². The monoisotopic (exact) mass is 316 g/mol. The van der Waals surface area contributed by atoms with Crippen LogP contribution < -0.4 is 0 Å². The number of hydrogen-bond donors (Lipinski definition) is 1. The second-order valence-electron chi connectivity index (χ2n) is 5.07. The first kappa shape index (κ1) is 19.0. The standard InChI is InChI=1S/2C8H8.C7H8O/c2*1-2-8-6-4-3-5-7-8;1-6-2-4-7(8)5-3-6/h2*2-7H,1H2;2-5,8H,1H3. The number of aryl methyl sites for hydroxylation is 1. The number of phenols is 1. The molecule has 0 amide bonds. The van der Waals surface area contributed by atoms with Crippen molar-refractivity contribution in [2.45, 2.75) is 6.92 Å². The Bertz CT molecular complexity index is 634. The van der Waals surface area contributed by atoms with Gasteiger partial charge in [0.1, 0.15) is 5.75 Å². The van der Waals surface area contributed by atoms with Gasteiger partial charge in [-0.2, -0.15) is 0 Å². The second-order valence-corrected chi connectivity index (χ2v) is 5.07. The van der Waals surface area contributed by atoms with E-state index in [0.717, 1.165) is 0 Å². The van der Waals surface area contributed by atoms with E-state index in [0.29, 0.717) is 5.75 Å². The van der Waals surface area contributed by atoms with Crippen LogP contribution in [0.4, 0.5) is 0 Å². The highest BCUT2D eigenvalue weighted by molar-refractivity contribution is 5.46. The zero-order valence-electron chi connectivity index (χ0n) is 14.1. The van der Waals surface area contributed by atoms with Crippen LogP contribution in [0.3, 0.4) is 0 Å². The molecule has 1 N–H and O–H groups in total. The van der Waals surface area contributed by atoms with E-state index in [2.05, 4.69) is 13.2 Å². The molecule has 0 bridgehead atoms. The maximum Gasteiger partial charge on any atom is 0.115 e. The van der Waals surface area contributed by atoms with Crippen molar-refractivity contribution in [2.75, 3.05) is 0 Å². The van der Waals surface area contributed by atoms with Crippen LogP contribution in [0.15, 0.2) is 98.1 Å². The minimum Gasteiger partial charge on any atom is -0.508 e. The summed E-state index contributed by atoms with van der Waals surface area (Å²) in [5.41, 5.74) is 3.52. The fourth-order valence-corrected chi connectivity index (χ4v) is 1.72. The molecule has 0 aromatic heterocycles. The first-order valence-corrected chi connectivity index (χ1v) is 7.76. The predicted octanol–water partition coefficient (Wildman–Crippen LogP) is 6.36. The molecule has 122 valence electrons. The molecule has 3 aromatic carbocycles. The van der Waals surface area contributed by atoms with Crippen LogP contribution in [0.1, 0.15) is 16.7 Å². The highest BCUT2D eigenvalue weighted by atomic mass is 16.3. The minimum absolute atomic E-state index is 0.329. The largest absolute Gasteiger partial charge is 0.508 e. The van der Waals surface area contributed by atoms with E-state index in [9.17, 15) is 0 Å². The Hall–Kier alpha value is -3.06. The van der Waals surface area contributed by atoms with E-state index < -0.39 is 0 Å².